The molecular formula is C23H26N2O5. The molecule has 0 bridgehead atoms. The Morgan fingerprint density at radius 3 is 2.53 bits per heavy atom. The molecule has 7 heteroatoms. The molecule has 7 nitrogen and oxygen atoms in total. The fraction of sp³-hybridized carbons (Fsp3) is 0.348. The van der Waals surface area contributed by atoms with E-state index in [0.717, 1.165) is 11.1 Å². The average molecular weight is 410 g/mol. The number of carbonyl (C=O) groups excluding carboxylic acids is 2. The zero-order valence-electron chi connectivity index (χ0n) is 17.4. The van der Waals surface area contributed by atoms with Gasteiger partial charge in [0.2, 0.25) is 0 Å². The average Bonchev–Trinajstić information content (AvgIpc) is 3.12. The number of hydrogen-bond donors (Lipinski definition) is 1. The van der Waals surface area contributed by atoms with Gasteiger partial charge in [0.25, 0.3) is 5.91 Å². The third-order valence-electron chi connectivity index (χ3n) is 4.54. The number of amides is 1. The highest BCUT2D eigenvalue weighted by molar-refractivity contribution is 5.85. The van der Waals surface area contributed by atoms with Crippen LogP contribution in [0.1, 0.15) is 32.0 Å². The normalized spacial score (nSPS) is 11.3. The van der Waals surface area contributed by atoms with Gasteiger partial charge in [-0.15, -0.1) is 0 Å². The zero-order valence-corrected chi connectivity index (χ0v) is 17.4. The maximum Gasteiger partial charge on any atom is 0.312 e. The van der Waals surface area contributed by atoms with Gasteiger partial charge in [0, 0.05) is 5.39 Å². The molecule has 0 aliphatic rings. The first-order chi connectivity index (χ1) is 14.3. The minimum Gasteiger partial charge on any atom is -0.492 e. The standard InChI is InChI=1S/C23H26N2O5/c1-23(2,3)16-8-10-17(11-9-16)28-13-12-24-21(26)15-29-22(27)14-19-18-6-4-5-7-20(18)30-25-19/h4-11H,12-15H2,1-3H3,(H,24,26). The van der Waals surface area contributed by atoms with E-state index in [1.54, 1.807) is 6.07 Å². The fourth-order valence-electron chi connectivity index (χ4n) is 2.86. The van der Waals surface area contributed by atoms with Crippen molar-refractivity contribution in [3.63, 3.8) is 0 Å². The van der Waals surface area contributed by atoms with Gasteiger partial charge in [-0.2, -0.15) is 0 Å². The van der Waals surface area contributed by atoms with E-state index in [1.165, 1.54) is 5.56 Å². The molecule has 0 unspecified atom stereocenters. The number of para-hydroxylation sites is 1. The molecule has 0 spiro atoms. The van der Waals surface area contributed by atoms with Crippen molar-refractivity contribution in [2.75, 3.05) is 19.8 Å². The maximum atomic E-state index is 12.0. The SMILES string of the molecule is CC(C)(C)c1ccc(OCCNC(=O)COC(=O)Cc2noc3ccccc23)cc1. The molecule has 0 aliphatic heterocycles. The predicted octanol–water partition coefficient (Wildman–Crippen LogP) is 3.41. The van der Waals surface area contributed by atoms with E-state index >= 15 is 0 Å². The van der Waals surface area contributed by atoms with Crippen LogP contribution < -0.4 is 10.1 Å². The summed E-state index contributed by atoms with van der Waals surface area (Å²) in [5.41, 5.74) is 2.40. The van der Waals surface area contributed by atoms with E-state index in [9.17, 15) is 9.59 Å². The molecule has 1 N–H and O–H groups in total. The number of esters is 1. The van der Waals surface area contributed by atoms with E-state index in [0.29, 0.717) is 24.4 Å². The van der Waals surface area contributed by atoms with Gasteiger partial charge in [0.1, 0.15) is 18.1 Å². The summed E-state index contributed by atoms with van der Waals surface area (Å²) in [6, 6.07) is 15.1. The van der Waals surface area contributed by atoms with Crippen molar-refractivity contribution in [3.05, 3.63) is 59.8 Å². The number of ether oxygens (including phenoxy) is 2. The highest BCUT2D eigenvalue weighted by atomic mass is 16.5. The Morgan fingerprint density at radius 1 is 1.07 bits per heavy atom. The van der Waals surface area contributed by atoms with Gasteiger partial charge in [-0.25, -0.2) is 0 Å². The molecular weight excluding hydrogens is 384 g/mol. The van der Waals surface area contributed by atoms with Crippen LogP contribution >= 0.6 is 0 Å². The largest absolute Gasteiger partial charge is 0.492 e. The molecule has 0 saturated carbocycles. The first-order valence-electron chi connectivity index (χ1n) is 9.82. The molecule has 3 rings (SSSR count). The van der Waals surface area contributed by atoms with Crippen molar-refractivity contribution >= 4 is 22.8 Å². The van der Waals surface area contributed by atoms with Gasteiger partial charge in [0.15, 0.2) is 12.2 Å². The molecule has 1 amide bonds. The smallest absolute Gasteiger partial charge is 0.312 e. The summed E-state index contributed by atoms with van der Waals surface area (Å²) in [6.45, 7) is 6.73. The predicted molar refractivity (Wildman–Crippen MR) is 112 cm³/mol. The van der Waals surface area contributed by atoms with Crippen LogP contribution in [0.15, 0.2) is 53.1 Å². The molecule has 30 heavy (non-hydrogen) atoms. The lowest BCUT2D eigenvalue weighted by atomic mass is 9.87. The number of carbonyl (C=O) groups is 2. The second kappa shape index (κ2) is 9.43. The van der Waals surface area contributed by atoms with Crippen LogP contribution in [0.2, 0.25) is 0 Å². The number of rotatable bonds is 8. The number of nitrogens with one attached hydrogen (secondary N) is 1. The van der Waals surface area contributed by atoms with Crippen molar-refractivity contribution < 1.29 is 23.6 Å². The summed E-state index contributed by atoms with van der Waals surface area (Å²) in [7, 11) is 0. The molecule has 1 aromatic heterocycles. The van der Waals surface area contributed by atoms with Crippen molar-refractivity contribution in [3.8, 4) is 5.75 Å². The molecule has 3 aromatic rings. The lowest BCUT2D eigenvalue weighted by Crippen LogP contribution is -2.32. The number of aromatic nitrogens is 1. The Morgan fingerprint density at radius 2 is 1.80 bits per heavy atom. The molecule has 0 fully saturated rings. The van der Waals surface area contributed by atoms with Crippen LogP contribution in [0.4, 0.5) is 0 Å². The van der Waals surface area contributed by atoms with Crippen LogP contribution in [0.3, 0.4) is 0 Å². The summed E-state index contributed by atoms with van der Waals surface area (Å²) in [6.07, 6.45) is -0.0576. The summed E-state index contributed by atoms with van der Waals surface area (Å²) in [4.78, 5) is 23.8. The van der Waals surface area contributed by atoms with Crippen LogP contribution in [-0.4, -0.2) is 36.8 Å². The Labute approximate surface area is 175 Å². The third-order valence-corrected chi connectivity index (χ3v) is 4.54. The summed E-state index contributed by atoms with van der Waals surface area (Å²) in [5.74, 6) is -0.192. The molecule has 0 atom stereocenters. The van der Waals surface area contributed by atoms with E-state index in [1.807, 2.05) is 42.5 Å². The van der Waals surface area contributed by atoms with Crippen LogP contribution in [0.5, 0.6) is 5.75 Å². The van der Waals surface area contributed by atoms with Gasteiger partial charge in [-0.05, 0) is 35.2 Å². The van der Waals surface area contributed by atoms with Gasteiger partial charge < -0.3 is 19.3 Å². The quantitative estimate of drug-likeness (QED) is 0.452. The molecule has 0 radical (unpaired) electrons. The molecule has 2 aromatic carbocycles. The van der Waals surface area contributed by atoms with Crippen LogP contribution in [0.25, 0.3) is 11.0 Å². The monoisotopic (exact) mass is 410 g/mol. The summed E-state index contributed by atoms with van der Waals surface area (Å²) in [5, 5.41) is 7.29. The minimum absolute atomic E-state index is 0.0576. The third kappa shape index (κ3) is 5.83. The Bertz CT molecular complexity index is 1000. The Hall–Kier alpha value is -3.35. The fourth-order valence-corrected chi connectivity index (χ4v) is 2.86. The van der Waals surface area contributed by atoms with E-state index in [-0.39, 0.29) is 24.3 Å². The van der Waals surface area contributed by atoms with Crippen molar-refractivity contribution in [1.82, 2.24) is 10.5 Å². The highest BCUT2D eigenvalue weighted by Crippen LogP contribution is 2.24. The van der Waals surface area contributed by atoms with Crippen molar-refractivity contribution in [2.45, 2.75) is 32.6 Å². The van der Waals surface area contributed by atoms with Gasteiger partial charge in [0.05, 0.1) is 13.0 Å². The number of benzene rings is 2. The Balaban J connectivity index is 1.34. The van der Waals surface area contributed by atoms with Gasteiger partial charge in [-0.3, -0.25) is 9.59 Å². The number of nitrogens with zero attached hydrogens (tertiary/aromatic N) is 1. The first-order valence-corrected chi connectivity index (χ1v) is 9.82. The second-order valence-corrected chi connectivity index (χ2v) is 7.94. The molecule has 0 saturated heterocycles. The first kappa shape index (κ1) is 21.4. The van der Waals surface area contributed by atoms with E-state index in [2.05, 4.69) is 31.2 Å². The lowest BCUT2D eigenvalue weighted by molar-refractivity contribution is -0.147. The van der Waals surface area contributed by atoms with Crippen molar-refractivity contribution in [2.24, 2.45) is 0 Å². The topological polar surface area (TPSA) is 90.7 Å². The maximum absolute atomic E-state index is 12.0. The summed E-state index contributed by atoms with van der Waals surface area (Å²) < 4.78 is 15.8. The Kier molecular flexibility index (Phi) is 6.72. The van der Waals surface area contributed by atoms with E-state index in [4.69, 9.17) is 14.0 Å². The van der Waals surface area contributed by atoms with Crippen molar-refractivity contribution in [1.29, 1.82) is 0 Å². The van der Waals surface area contributed by atoms with E-state index < -0.39 is 5.97 Å². The number of hydrogen-bond acceptors (Lipinski definition) is 6. The highest BCUT2D eigenvalue weighted by Gasteiger charge is 2.15. The lowest BCUT2D eigenvalue weighted by Gasteiger charge is -2.19. The summed E-state index contributed by atoms with van der Waals surface area (Å²) >= 11 is 0. The molecule has 0 aliphatic carbocycles. The molecule has 158 valence electrons. The van der Waals surface area contributed by atoms with Gasteiger partial charge in [-0.1, -0.05) is 50.2 Å². The zero-order chi connectivity index (χ0) is 21.6. The van der Waals surface area contributed by atoms with Gasteiger partial charge >= 0.3 is 5.97 Å². The van der Waals surface area contributed by atoms with Crippen LogP contribution in [-0.2, 0) is 26.2 Å². The second-order valence-electron chi connectivity index (χ2n) is 7.94. The number of fused-ring (bicyclic) bond motifs is 1. The van der Waals surface area contributed by atoms with Crippen LogP contribution in [0, 0.1) is 0 Å². The minimum atomic E-state index is -0.542. The molecule has 1 heterocycles.